The standard InChI is InChI=1S/C15H29N3O2/c1-15(2,3)20-14(19)17-13-10-12(13)16-11-6-5-8-18(4)9-7-11/h11-13,16H,5-10H2,1-4H3,(H,17,19). The smallest absolute Gasteiger partial charge is 0.407 e. The van der Waals surface area contributed by atoms with Gasteiger partial charge in [0, 0.05) is 18.1 Å². The van der Waals surface area contributed by atoms with Crippen LogP contribution in [0.2, 0.25) is 0 Å². The second-order valence-electron chi connectivity index (χ2n) is 7.19. The molecule has 3 atom stereocenters. The van der Waals surface area contributed by atoms with Crippen LogP contribution in [0.15, 0.2) is 0 Å². The largest absolute Gasteiger partial charge is 0.444 e. The van der Waals surface area contributed by atoms with Gasteiger partial charge in [-0.15, -0.1) is 0 Å². The molecule has 1 aliphatic heterocycles. The molecule has 0 aromatic carbocycles. The van der Waals surface area contributed by atoms with Gasteiger partial charge in [0.25, 0.3) is 0 Å². The Hall–Kier alpha value is -0.810. The van der Waals surface area contributed by atoms with Gasteiger partial charge in [0.15, 0.2) is 0 Å². The molecular formula is C15H29N3O2. The number of nitrogens with zero attached hydrogens (tertiary/aromatic N) is 1. The third-order valence-electron chi connectivity index (χ3n) is 3.89. The first-order chi connectivity index (χ1) is 9.33. The molecule has 0 aromatic heterocycles. The molecule has 0 aromatic rings. The Kier molecular flexibility index (Phi) is 4.91. The SMILES string of the molecule is CN1CCCC(NC2CC2NC(=O)OC(C)(C)C)CC1. The quantitative estimate of drug-likeness (QED) is 0.828. The van der Waals surface area contributed by atoms with Crippen LogP contribution in [0.1, 0.15) is 46.5 Å². The molecule has 20 heavy (non-hydrogen) atoms. The van der Waals surface area contributed by atoms with E-state index in [1.165, 1.54) is 25.8 Å². The van der Waals surface area contributed by atoms with Crippen LogP contribution in [0, 0.1) is 0 Å². The third-order valence-corrected chi connectivity index (χ3v) is 3.89. The Labute approximate surface area is 122 Å². The van der Waals surface area contributed by atoms with Crippen LogP contribution in [0.4, 0.5) is 4.79 Å². The molecule has 2 N–H and O–H groups in total. The first kappa shape index (κ1) is 15.6. The molecule has 0 bridgehead atoms. The Morgan fingerprint density at radius 1 is 1.20 bits per heavy atom. The Morgan fingerprint density at radius 3 is 2.65 bits per heavy atom. The number of nitrogens with one attached hydrogen (secondary N) is 2. The van der Waals surface area contributed by atoms with Crippen molar-refractivity contribution in [2.24, 2.45) is 0 Å². The van der Waals surface area contributed by atoms with E-state index in [2.05, 4.69) is 22.6 Å². The van der Waals surface area contributed by atoms with Gasteiger partial charge < -0.3 is 20.3 Å². The molecule has 2 aliphatic rings. The number of amides is 1. The second-order valence-corrected chi connectivity index (χ2v) is 7.19. The predicted molar refractivity (Wildman–Crippen MR) is 79.8 cm³/mol. The minimum atomic E-state index is -0.423. The van der Waals surface area contributed by atoms with Crippen molar-refractivity contribution in [2.45, 2.75) is 70.2 Å². The van der Waals surface area contributed by atoms with Gasteiger partial charge in [-0.1, -0.05) is 0 Å². The van der Waals surface area contributed by atoms with Crippen LogP contribution in [-0.4, -0.2) is 54.9 Å². The van der Waals surface area contributed by atoms with E-state index < -0.39 is 5.60 Å². The van der Waals surface area contributed by atoms with Crippen molar-refractivity contribution in [1.82, 2.24) is 15.5 Å². The molecule has 1 amide bonds. The number of hydrogen-bond acceptors (Lipinski definition) is 4. The molecule has 3 unspecified atom stereocenters. The number of alkyl carbamates (subject to hydrolysis) is 1. The van der Waals surface area contributed by atoms with Gasteiger partial charge in [0.2, 0.25) is 0 Å². The lowest BCUT2D eigenvalue weighted by molar-refractivity contribution is 0.0521. The van der Waals surface area contributed by atoms with Crippen molar-refractivity contribution < 1.29 is 9.53 Å². The summed E-state index contributed by atoms with van der Waals surface area (Å²) in [7, 11) is 2.19. The van der Waals surface area contributed by atoms with Crippen molar-refractivity contribution in [3.63, 3.8) is 0 Å². The summed E-state index contributed by atoms with van der Waals surface area (Å²) >= 11 is 0. The summed E-state index contributed by atoms with van der Waals surface area (Å²) in [6, 6.07) is 1.26. The van der Waals surface area contributed by atoms with Crippen molar-refractivity contribution >= 4 is 6.09 Å². The van der Waals surface area contributed by atoms with Crippen molar-refractivity contribution in [1.29, 1.82) is 0 Å². The predicted octanol–water partition coefficient (Wildman–Crippen LogP) is 1.73. The normalized spacial score (nSPS) is 31.5. The number of carbonyl (C=O) groups excluding carboxylic acids is 1. The maximum Gasteiger partial charge on any atom is 0.407 e. The molecule has 1 heterocycles. The van der Waals surface area contributed by atoms with Crippen LogP contribution in [0.5, 0.6) is 0 Å². The monoisotopic (exact) mass is 283 g/mol. The van der Waals surface area contributed by atoms with E-state index in [9.17, 15) is 4.79 Å². The minimum Gasteiger partial charge on any atom is -0.444 e. The lowest BCUT2D eigenvalue weighted by atomic mass is 10.1. The first-order valence-corrected chi connectivity index (χ1v) is 7.77. The fraction of sp³-hybridized carbons (Fsp3) is 0.933. The van der Waals surface area contributed by atoms with Gasteiger partial charge in [-0.25, -0.2) is 4.79 Å². The van der Waals surface area contributed by atoms with Crippen LogP contribution in [0.3, 0.4) is 0 Å². The zero-order chi connectivity index (χ0) is 14.8. The fourth-order valence-corrected chi connectivity index (χ4v) is 2.71. The van der Waals surface area contributed by atoms with E-state index in [4.69, 9.17) is 4.74 Å². The molecule has 5 nitrogen and oxygen atoms in total. The lowest BCUT2D eigenvalue weighted by Gasteiger charge is -2.20. The lowest BCUT2D eigenvalue weighted by Crippen LogP contribution is -2.39. The van der Waals surface area contributed by atoms with Gasteiger partial charge in [-0.05, 0) is 66.6 Å². The van der Waals surface area contributed by atoms with E-state index in [-0.39, 0.29) is 12.1 Å². The van der Waals surface area contributed by atoms with Gasteiger partial charge >= 0.3 is 6.09 Å². The highest BCUT2D eigenvalue weighted by atomic mass is 16.6. The van der Waals surface area contributed by atoms with Gasteiger partial charge in [0.05, 0.1) is 0 Å². The average molecular weight is 283 g/mol. The summed E-state index contributed by atoms with van der Waals surface area (Å²) in [5.74, 6) is 0. The molecule has 2 rings (SSSR count). The van der Waals surface area contributed by atoms with Crippen LogP contribution < -0.4 is 10.6 Å². The van der Waals surface area contributed by atoms with Crippen molar-refractivity contribution in [2.75, 3.05) is 20.1 Å². The van der Waals surface area contributed by atoms with Crippen LogP contribution >= 0.6 is 0 Å². The van der Waals surface area contributed by atoms with E-state index >= 15 is 0 Å². The Balaban J connectivity index is 1.66. The van der Waals surface area contributed by atoms with Crippen LogP contribution in [0.25, 0.3) is 0 Å². The van der Waals surface area contributed by atoms with Gasteiger partial charge in [-0.3, -0.25) is 0 Å². The van der Waals surface area contributed by atoms with Gasteiger partial charge in [-0.2, -0.15) is 0 Å². The topological polar surface area (TPSA) is 53.6 Å². The Bertz CT molecular complexity index is 341. The molecule has 5 heteroatoms. The average Bonchev–Trinajstić information content (AvgIpc) is 3.03. The summed E-state index contributed by atoms with van der Waals surface area (Å²) in [5.41, 5.74) is -0.423. The fourth-order valence-electron chi connectivity index (χ4n) is 2.71. The maximum absolute atomic E-state index is 11.7. The number of ether oxygens (including phenoxy) is 1. The molecule has 1 aliphatic carbocycles. The highest BCUT2D eigenvalue weighted by Crippen LogP contribution is 2.24. The molecule has 0 radical (unpaired) electrons. The number of hydrogen-bond donors (Lipinski definition) is 2. The summed E-state index contributed by atoms with van der Waals surface area (Å²) in [6.45, 7) is 8.02. The molecule has 1 saturated carbocycles. The highest BCUT2D eigenvalue weighted by Gasteiger charge is 2.40. The van der Waals surface area contributed by atoms with E-state index in [1.54, 1.807) is 0 Å². The third kappa shape index (κ3) is 5.29. The summed E-state index contributed by atoms with van der Waals surface area (Å²) in [5, 5.41) is 6.62. The number of likely N-dealkylation sites (tertiary alicyclic amines) is 1. The van der Waals surface area contributed by atoms with E-state index in [0.29, 0.717) is 12.1 Å². The molecule has 2 fully saturated rings. The van der Waals surface area contributed by atoms with Crippen LogP contribution in [-0.2, 0) is 4.74 Å². The Morgan fingerprint density at radius 2 is 1.95 bits per heavy atom. The zero-order valence-corrected chi connectivity index (χ0v) is 13.2. The zero-order valence-electron chi connectivity index (χ0n) is 13.2. The van der Waals surface area contributed by atoms with E-state index in [0.717, 1.165) is 13.0 Å². The summed E-state index contributed by atoms with van der Waals surface area (Å²) in [4.78, 5) is 14.1. The van der Waals surface area contributed by atoms with Crippen molar-refractivity contribution in [3.8, 4) is 0 Å². The molecule has 0 spiro atoms. The first-order valence-electron chi connectivity index (χ1n) is 7.77. The van der Waals surface area contributed by atoms with Gasteiger partial charge in [0.1, 0.15) is 5.60 Å². The second kappa shape index (κ2) is 6.31. The summed E-state index contributed by atoms with van der Waals surface area (Å²) < 4.78 is 5.28. The minimum absolute atomic E-state index is 0.242. The number of rotatable bonds is 3. The van der Waals surface area contributed by atoms with Crippen molar-refractivity contribution in [3.05, 3.63) is 0 Å². The summed E-state index contributed by atoms with van der Waals surface area (Å²) in [6.07, 6.45) is 4.41. The molecule has 116 valence electrons. The number of carbonyl (C=O) groups is 1. The molecule has 1 saturated heterocycles. The van der Waals surface area contributed by atoms with E-state index in [1.807, 2.05) is 20.8 Å². The maximum atomic E-state index is 11.7. The molecular weight excluding hydrogens is 254 g/mol. The highest BCUT2D eigenvalue weighted by molar-refractivity contribution is 5.68.